The predicted octanol–water partition coefficient (Wildman–Crippen LogP) is 2.26. The topological polar surface area (TPSA) is 41.1 Å². The van der Waals surface area contributed by atoms with Gasteiger partial charge in [-0.1, -0.05) is 11.6 Å². The van der Waals surface area contributed by atoms with Crippen LogP contribution in [0.2, 0.25) is 4.34 Å². The number of rotatable bonds is 3. The third kappa shape index (κ3) is 2.34. The van der Waals surface area contributed by atoms with Crippen LogP contribution in [0.25, 0.3) is 0 Å². The summed E-state index contributed by atoms with van der Waals surface area (Å²) in [6.07, 6.45) is 3.91. The molecule has 1 fully saturated rings. The molecular formula is C12H15ClN2OS. The molecule has 17 heavy (non-hydrogen) atoms. The van der Waals surface area contributed by atoms with Crippen LogP contribution in [0, 0.1) is 0 Å². The van der Waals surface area contributed by atoms with Crippen LogP contribution in [-0.2, 0) is 11.2 Å². The number of fused-ring (bicyclic) bond motifs is 1. The summed E-state index contributed by atoms with van der Waals surface area (Å²) in [5, 5.41) is 6.53. The van der Waals surface area contributed by atoms with Gasteiger partial charge in [-0.05, 0) is 30.9 Å². The smallest absolute Gasteiger partial charge is 0.220 e. The van der Waals surface area contributed by atoms with Crippen LogP contribution >= 0.6 is 22.9 Å². The lowest BCUT2D eigenvalue weighted by Crippen LogP contribution is -2.36. The van der Waals surface area contributed by atoms with Gasteiger partial charge >= 0.3 is 0 Å². The maximum Gasteiger partial charge on any atom is 0.220 e. The Kier molecular flexibility index (Phi) is 3.11. The van der Waals surface area contributed by atoms with Crippen LogP contribution in [0.15, 0.2) is 6.07 Å². The van der Waals surface area contributed by atoms with E-state index in [0.29, 0.717) is 18.5 Å². The number of nitrogens with one attached hydrogen (secondary N) is 2. The zero-order valence-electron chi connectivity index (χ0n) is 9.46. The number of amides is 1. The van der Waals surface area contributed by atoms with Crippen molar-refractivity contribution >= 4 is 28.8 Å². The van der Waals surface area contributed by atoms with Crippen molar-refractivity contribution < 1.29 is 4.79 Å². The second-order valence-corrected chi connectivity index (χ2v) is 6.50. The number of hydrogen-bond donors (Lipinski definition) is 2. The number of halogens is 1. The fourth-order valence-corrected chi connectivity index (χ4v) is 4.01. The highest BCUT2D eigenvalue weighted by molar-refractivity contribution is 7.16. The Morgan fingerprint density at radius 2 is 2.35 bits per heavy atom. The van der Waals surface area contributed by atoms with Crippen molar-refractivity contribution in [1.82, 2.24) is 10.6 Å². The lowest BCUT2D eigenvalue weighted by molar-refractivity contribution is -0.119. The molecule has 2 N–H and O–H groups in total. The molecule has 3 nitrogen and oxygen atoms in total. The van der Waals surface area contributed by atoms with Gasteiger partial charge in [0.05, 0.1) is 4.34 Å². The van der Waals surface area contributed by atoms with Gasteiger partial charge in [0.2, 0.25) is 5.91 Å². The Bertz CT molecular complexity index is 446. The number of aryl methyl sites for hydroxylation is 1. The van der Waals surface area contributed by atoms with Crippen molar-refractivity contribution in [3.63, 3.8) is 0 Å². The average molecular weight is 271 g/mol. The van der Waals surface area contributed by atoms with Gasteiger partial charge in [-0.2, -0.15) is 0 Å². The molecule has 0 spiro atoms. The van der Waals surface area contributed by atoms with E-state index < -0.39 is 0 Å². The second kappa shape index (κ2) is 4.59. The van der Waals surface area contributed by atoms with Crippen molar-refractivity contribution in [3.05, 3.63) is 20.8 Å². The van der Waals surface area contributed by atoms with Crippen LogP contribution in [0.3, 0.4) is 0 Å². The molecule has 1 amide bonds. The minimum atomic E-state index is 0.183. The van der Waals surface area contributed by atoms with E-state index in [1.807, 2.05) is 0 Å². The van der Waals surface area contributed by atoms with Crippen LogP contribution in [0.1, 0.15) is 35.7 Å². The van der Waals surface area contributed by atoms with E-state index >= 15 is 0 Å². The lowest BCUT2D eigenvalue weighted by atomic mass is 10.1. The third-order valence-corrected chi connectivity index (χ3v) is 4.88. The molecule has 2 unspecified atom stereocenters. The van der Waals surface area contributed by atoms with E-state index in [1.54, 1.807) is 11.3 Å². The summed E-state index contributed by atoms with van der Waals surface area (Å²) in [7, 11) is 0. The SMILES string of the molecule is O=C1CCC(CNC2CCc3sc(Cl)cc32)N1. The Morgan fingerprint density at radius 1 is 1.47 bits per heavy atom. The summed E-state index contributed by atoms with van der Waals surface area (Å²) in [4.78, 5) is 12.5. The maximum absolute atomic E-state index is 11.1. The van der Waals surface area contributed by atoms with E-state index in [-0.39, 0.29) is 5.91 Å². The Labute approximate surface area is 110 Å². The van der Waals surface area contributed by atoms with Crippen molar-refractivity contribution in [3.8, 4) is 0 Å². The molecule has 1 saturated heterocycles. The summed E-state index contributed by atoms with van der Waals surface area (Å²) in [6.45, 7) is 0.864. The Balaban J connectivity index is 1.58. The molecule has 1 aliphatic carbocycles. The minimum Gasteiger partial charge on any atom is -0.352 e. The van der Waals surface area contributed by atoms with E-state index in [4.69, 9.17) is 11.6 Å². The van der Waals surface area contributed by atoms with Crippen molar-refractivity contribution in [1.29, 1.82) is 0 Å². The highest BCUT2D eigenvalue weighted by Crippen LogP contribution is 2.39. The summed E-state index contributed by atoms with van der Waals surface area (Å²) in [6, 6.07) is 2.81. The quantitative estimate of drug-likeness (QED) is 0.885. The fourth-order valence-electron chi connectivity index (χ4n) is 2.66. The van der Waals surface area contributed by atoms with Gasteiger partial charge in [0.15, 0.2) is 0 Å². The first-order chi connectivity index (χ1) is 8.22. The fraction of sp³-hybridized carbons (Fsp3) is 0.583. The standard InChI is InChI=1S/C12H15ClN2OS/c13-11-5-8-9(2-3-10(8)17-11)14-6-7-1-4-12(16)15-7/h5,7,9,14H,1-4,6H2,(H,15,16). The van der Waals surface area contributed by atoms with Crippen molar-refractivity contribution in [2.75, 3.05) is 6.54 Å². The van der Waals surface area contributed by atoms with Gasteiger partial charge < -0.3 is 10.6 Å². The Hall–Kier alpha value is -0.580. The summed E-state index contributed by atoms with van der Waals surface area (Å²) >= 11 is 7.72. The van der Waals surface area contributed by atoms with E-state index in [1.165, 1.54) is 10.4 Å². The van der Waals surface area contributed by atoms with Crippen LogP contribution < -0.4 is 10.6 Å². The number of carbonyl (C=O) groups is 1. The lowest BCUT2D eigenvalue weighted by Gasteiger charge is -2.16. The van der Waals surface area contributed by atoms with E-state index in [0.717, 1.165) is 30.1 Å². The molecule has 0 aromatic carbocycles. The maximum atomic E-state index is 11.1. The highest BCUT2D eigenvalue weighted by atomic mass is 35.5. The molecule has 5 heteroatoms. The number of thiophene rings is 1. The van der Waals surface area contributed by atoms with Gasteiger partial charge in [-0.3, -0.25) is 4.79 Å². The predicted molar refractivity (Wildman–Crippen MR) is 69.6 cm³/mol. The average Bonchev–Trinajstić information content (AvgIpc) is 2.92. The van der Waals surface area contributed by atoms with Gasteiger partial charge in [0, 0.05) is 29.9 Å². The highest BCUT2D eigenvalue weighted by Gasteiger charge is 2.27. The Morgan fingerprint density at radius 3 is 3.12 bits per heavy atom. The zero-order valence-corrected chi connectivity index (χ0v) is 11.0. The monoisotopic (exact) mass is 270 g/mol. The zero-order chi connectivity index (χ0) is 11.8. The van der Waals surface area contributed by atoms with Crippen molar-refractivity contribution in [2.45, 2.75) is 37.8 Å². The number of carbonyl (C=O) groups excluding carboxylic acids is 1. The molecule has 2 heterocycles. The third-order valence-electron chi connectivity index (χ3n) is 3.54. The molecule has 0 bridgehead atoms. The molecule has 2 atom stereocenters. The molecule has 3 rings (SSSR count). The number of hydrogen-bond acceptors (Lipinski definition) is 3. The van der Waals surface area contributed by atoms with E-state index in [9.17, 15) is 4.79 Å². The summed E-state index contributed by atoms with van der Waals surface area (Å²) in [5.74, 6) is 0.183. The van der Waals surface area contributed by atoms with Crippen LogP contribution in [0.5, 0.6) is 0 Å². The van der Waals surface area contributed by atoms with Crippen molar-refractivity contribution in [2.24, 2.45) is 0 Å². The molecule has 0 radical (unpaired) electrons. The van der Waals surface area contributed by atoms with Gasteiger partial charge in [-0.25, -0.2) is 0 Å². The molecule has 0 saturated carbocycles. The molecule has 2 aliphatic rings. The molecular weight excluding hydrogens is 256 g/mol. The van der Waals surface area contributed by atoms with Crippen LogP contribution in [-0.4, -0.2) is 18.5 Å². The van der Waals surface area contributed by atoms with E-state index in [2.05, 4.69) is 16.7 Å². The largest absolute Gasteiger partial charge is 0.352 e. The van der Waals surface area contributed by atoms with Gasteiger partial charge in [-0.15, -0.1) is 11.3 Å². The first-order valence-electron chi connectivity index (χ1n) is 6.03. The molecule has 1 aromatic rings. The normalized spacial score (nSPS) is 27.2. The minimum absolute atomic E-state index is 0.183. The van der Waals surface area contributed by atoms with Crippen LogP contribution in [0.4, 0.5) is 0 Å². The summed E-state index contributed by atoms with van der Waals surface area (Å²) < 4.78 is 0.885. The van der Waals surface area contributed by atoms with Gasteiger partial charge in [0.1, 0.15) is 0 Å². The first kappa shape index (κ1) is 11.5. The first-order valence-corrected chi connectivity index (χ1v) is 7.22. The molecule has 1 aliphatic heterocycles. The summed E-state index contributed by atoms with van der Waals surface area (Å²) in [5.41, 5.74) is 1.37. The van der Waals surface area contributed by atoms with Gasteiger partial charge in [0.25, 0.3) is 0 Å². The molecule has 92 valence electrons. The molecule has 1 aromatic heterocycles. The second-order valence-electron chi connectivity index (χ2n) is 4.73.